The van der Waals surface area contributed by atoms with Gasteiger partial charge in [-0.05, 0) is 37.3 Å². The molecule has 1 heterocycles. The Kier molecular flexibility index (Phi) is 7.12. The highest BCUT2D eigenvalue weighted by Gasteiger charge is 2.35. The van der Waals surface area contributed by atoms with E-state index in [0.717, 1.165) is 17.5 Å². The number of methoxy groups -OCH3 is 2. The third-order valence-electron chi connectivity index (χ3n) is 6.03. The van der Waals surface area contributed by atoms with Crippen molar-refractivity contribution < 1.29 is 28.7 Å². The molecule has 1 aromatic rings. The Morgan fingerprint density at radius 1 is 1.03 bits per heavy atom. The quantitative estimate of drug-likeness (QED) is 0.614. The Bertz CT molecular complexity index is 1010. The zero-order valence-electron chi connectivity index (χ0n) is 18.6. The smallest absolute Gasteiger partial charge is 0.240 e. The standard InChI is InChI=1S/C24H28N2O6/c1-14-17(21(29)23(32-3)22(31-2)20(14)28)13-16-8-6-15(7-9-16)10-11-19(27)26-12-4-5-18(26)24(25)30/h6-9,18H,4-5,10-13H2,1-3H3,(H2,25,30)/t18-/m0/s1. The fourth-order valence-corrected chi connectivity index (χ4v) is 4.19. The number of carbonyl (C=O) groups is 4. The van der Waals surface area contributed by atoms with Crippen molar-refractivity contribution in [3.63, 3.8) is 0 Å². The highest BCUT2D eigenvalue weighted by Crippen LogP contribution is 2.28. The molecule has 1 aliphatic heterocycles. The minimum atomic E-state index is -0.498. The van der Waals surface area contributed by atoms with E-state index in [1.807, 2.05) is 24.3 Å². The summed E-state index contributed by atoms with van der Waals surface area (Å²) in [5.41, 5.74) is 7.94. The maximum atomic E-state index is 12.8. The number of Topliss-reactive ketones (excluding diaryl/α,β-unsaturated/α-hetero) is 2. The molecule has 3 rings (SSSR count). The molecule has 32 heavy (non-hydrogen) atoms. The molecule has 8 heteroatoms. The van der Waals surface area contributed by atoms with Crippen LogP contribution in [0.1, 0.15) is 37.3 Å². The van der Waals surface area contributed by atoms with Crippen LogP contribution in [0.2, 0.25) is 0 Å². The summed E-state index contributed by atoms with van der Waals surface area (Å²) in [5.74, 6) is -1.39. The second kappa shape index (κ2) is 9.80. The van der Waals surface area contributed by atoms with Gasteiger partial charge < -0.3 is 20.1 Å². The van der Waals surface area contributed by atoms with Crippen LogP contribution >= 0.6 is 0 Å². The molecule has 0 saturated carbocycles. The highest BCUT2D eigenvalue weighted by atomic mass is 16.5. The molecule has 2 aliphatic rings. The second-order valence-corrected chi connectivity index (χ2v) is 7.97. The molecule has 1 atom stereocenters. The predicted octanol–water partition coefficient (Wildman–Crippen LogP) is 1.61. The van der Waals surface area contributed by atoms with Gasteiger partial charge in [0, 0.05) is 30.5 Å². The summed E-state index contributed by atoms with van der Waals surface area (Å²) in [4.78, 5) is 50.9. The number of hydrogen-bond donors (Lipinski definition) is 1. The number of ketones is 2. The maximum absolute atomic E-state index is 12.8. The van der Waals surface area contributed by atoms with Crippen molar-refractivity contribution in [2.24, 2.45) is 5.73 Å². The Balaban J connectivity index is 1.64. The number of allylic oxidation sites excluding steroid dienone is 2. The minimum Gasteiger partial charge on any atom is -0.489 e. The van der Waals surface area contributed by atoms with E-state index >= 15 is 0 Å². The number of rotatable bonds is 8. The topological polar surface area (TPSA) is 116 Å². The molecular weight excluding hydrogens is 412 g/mol. The Hall–Kier alpha value is -3.42. The fourth-order valence-electron chi connectivity index (χ4n) is 4.19. The molecule has 1 fully saturated rings. The predicted molar refractivity (Wildman–Crippen MR) is 116 cm³/mol. The highest BCUT2D eigenvalue weighted by molar-refractivity contribution is 6.23. The van der Waals surface area contributed by atoms with Gasteiger partial charge in [-0.15, -0.1) is 0 Å². The normalized spacial score (nSPS) is 19.0. The molecule has 2 amide bonds. The SMILES string of the molecule is COC1=C(OC)C(=O)C(Cc2ccc(CCC(=O)N3CCC[C@H]3C(N)=O)cc2)=C(C)C1=O. The Labute approximate surface area is 187 Å². The molecule has 0 aromatic heterocycles. The van der Waals surface area contributed by atoms with Crippen molar-refractivity contribution >= 4 is 23.4 Å². The van der Waals surface area contributed by atoms with Crippen LogP contribution in [-0.2, 0) is 41.5 Å². The van der Waals surface area contributed by atoms with Crippen LogP contribution in [0.4, 0.5) is 0 Å². The van der Waals surface area contributed by atoms with Crippen molar-refractivity contribution in [1.82, 2.24) is 4.90 Å². The lowest BCUT2D eigenvalue weighted by Crippen LogP contribution is -2.43. The van der Waals surface area contributed by atoms with Crippen LogP contribution in [0, 0.1) is 0 Å². The number of carbonyl (C=O) groups excluding carboxylic acids is 4. The first-order valence-corrected chi connectivity index (χ1v) is 10.6. The molecule has 0 unspecified atom stereocenters. The first-order chi connectivity index (χ1) is 15.3. The number of primary amides is 1. The number of likely N-dealkylation sites (tertiary alicyclic amines) is 1. The molecular formula is C24H28N2O6. The van der Waals surface area contributed by atoms with Crippen LogP contribution < -0.4 is 5.73 Å². The van der Waals surface area contributed by atoms with E-state index in [0.29, 0.717) is 37.0 Å². The summed E-state index contributed by atoms with van der Waals surface area (Å²) < 4.78 is 10.2. The first-order valence-electron chi connectivity index (χ1n) is 10.6. The largest absolute Gasteiger partial charge is 0.489 e. The third-order valence-corrected chi connectivity index (χ3v) is 6.03. The zero-order chi connectivity index (χ0) is 23.4. The summed E-state index contributed by atoms with van der Waals surface area (Å²) in [7, 11) is 2.67. The summed E-state index contributed by atoms with van der Waals surface area (Å²) in [6.07, 6.45) is 2.53. The van der Waals surface area contributed by atoms with E-state index < -0.39 is 11.9 Å². The molecule has 170 valence electrons. The van der Waals surface area contributed by atoms with E-state index in [2.05, 4.69) is 0 Å². The lowest BCUT2D eigenvalue weighted by Gasteiger charge is -2.22. The van der Waals surface area contributed by atoms with Gasteiger partial charge in [-0.1, -0.05) is 24.3 Å². The van der Waals surface area contributed by atoms with Crippen molar-refractivity contribution in [2.45, 2.75) is 45.1 Å². The Morgan fingerprint density at radius 3 is 2.22 bits per heavy atom. The second-order valence-electron chi connectivity index (χ2n) is 7.97. The molecule has 2 N–H and O–H groups in total. The molecule has 0 bridgehead atoms. The number of ether oxygens (including phenoxy) is 2. The monoisotopic (exact) mass is 440 g/mol. The summed E-state index contributed by atoms with van der Waals surface area (Å²) in [5, 5.41) is 0. The Morgan fingerprint density at radius 2 is 1.62 bits per heavy atom. The molecule has 1 aromatic carbocycles. The van der Waals surface area contributed by atoms with Gasteiger partial charge in [0.25, 0.3) is 0 Å². The fraction of sp³-hybridized carbons (Fsp3) is 0.417. The van der Waals surface area contributed by atoms with E-state index in [4.69, 9.17) is 15.2 Å². The lowest BCUT2D eigenvalue weighted by atomic mass is 9.88. The number of nitrogens with two attached hydrogens (primary N) is 1. The third kappa shape index (κ3) is 4.59. The number of benzene rings is 1. The number of amides is 2. The number of nitrogens with zero attached hydrogens (tertiary/aromatic N) is 1. The summed E-state index contributed by atoms with van der Waals surface area (Å²) in [6.45, 7) is 2.17. The van der Waals surface area contributed by atoms with Crippen molar-refractivity contribution in [3.8, 4) is 0 Å². The maximum Gasteiger partial charge on any atom is 0.240 e. The van der Waals surface area contributed by atoms with E-state index in [1.54, 1.807) is 11.8 Å². The zero-order valence-corrected chi connectivity index (χ0v) is 18.6. The van der Waals surface area contributed by atoms with Crippen LogP contribution in [-0.4, -0.2) is 55.1 Å². The van der Waals surface area contributed by atoms with Crippen molar-refractivity contribution in [1.29, 1.82) is 0 Å². The van der Waals surface area contributed by atoms with E-state index in [1.165, 1.54) is 14.2 Å². The van der Waals surface area contributed by atoms with Gasteiger partial charge in [0.15, 0.2) is 0 Å². The van der Waals surface area contributed by atoms with Gasteiger partial charge in [-0.25, -0.2) is 0 Å². The van der Waals surface area contributed by atoms with Crippen LogP contribution in [0.15, 0.2) is 46.9 Å². The molecule has 1 aliphatic carbocycles. The van der Waals surface area contributed by atoms with Gasteiger partial charge >= 0.3 is 0 Å². The minimum absolute atomic E-state index is 0.0738. The average Bonchev–Trinajstić information content (AvgIpc) is 3.28. The van der Waals surface area contributed by atoms with E-state index in [-0.39, 0.29) is 35.4 Å². The van der Waals surface area contributed by atoms with E-state index in [9.17, 15) is 19.2 Å². The van der Waals surface area contributed by atoms with Crippen LogP contribution in [0.25, 0.3) is 0 Å². The number of aryl methyl sites for hydroxylation is 1. The number of hydrogen-bond acceptors (Lipinski definition) is 6. The average molecular weight is 440 g/mol. The summed E-state index contributed by atoms with van der Waals surface area (Å²) >= 11 is 0. The molecule has 0 spiro atoms. The van der Waals surface area contributed by atoms with Gasteiger partial charge in [-0.2, -0.15) is 0 Å². The van der Waals surface area contributed by atoms with Gasteiger partial charge in [0.2, 0.25) is 34.9 Å². The first kappa shape index (κ1) is 23.2. The molecule has 1 saturated heterocycles. The van der Waals surface area contributed by atoms with Crippen LogP contribution in [0.3, 0.4) is 0 Å². The van der Waals surface area contributed by atoms with Gasteiger partial charge in [0.05, 0.1) is 14.2 Å². The molecule has 0 radical (unpaired) electrons. The van der Waals surface area contributed by atoms with Crippen LogP contribution in [0.5, 0.6) is 0 Å². The van der Waals surface area contributed by atoms with Gasteiger partial charge in [-0.3, -0.25) is 19.2 Å². The lowest BCUT2D eigenvalue weighted by molar-refractivity contribution is -0.137. The van der Waals surface area contributed by atoms with Crippen molar-refractivity contribution in [3.05, 3.63) is 58.1 Å². The van der Waals surface area contributed by atoms with Crippen molar-refractivity contribution in [2.75, 3.05) is 20.8 Å². The molecule has 8 nitrogen and oxygen atoms in total. The summed E-state index contributed by atoms with van der Waals surface area (Å²) in [6, 6.07) is 7.05. The van der Waals surface area contributed by atoms with Gasteiger partial charge in [0.1, 0.15) is 6.04 Å².